The molecular formula is C14H26ClN3O2. The smallest absolute Gasteiger partial charge is 0.222 e. The van der Waals surface area contributed by atoms with Crippen LogP contribution in [-0.2, 0) is 9.59 Å². The lowest BCUT2D eigenvalue weighted by Crippen LogP contribution is -2.39. The Balaban J connectivity index is 0.00000200. The number of nitrogens with zero attached hydrogens (tertiary/aromatic N) is 2. The van der Waals surface area contributed by atoms with Crippen LogP contribution in [0.5, 0.6) is 0 Å². The van der Waals surface area contributed by atoms with Crippen molar-refractivity contribution in [3.8, 4) is 0 Å². The van der Waals surface area contributed by atoms with E-state index in [1.165, 1.54) is 12.8 Å². The van der Waals surface area contributed by atoms with Crippen molar-refractivity contribution < 1.29 is 9.59 Å². The van der Waals surface area contributed by atoms with Gasteiger partial charge < -0.3 is 15.1 Å². The average Bonchev–Trinajstić information content (AvgIpc) is 2.68. The number of halogens is 1. The number of likely N-dealkylation sites (tertiary alicyclic amines) is 1. The Morgan fingerprint density at radius 1 is 1.15 bits per heavy atom. The fraction of sp³-hybridized carbons (Fsp3) is 0.857. The van der Waals surface area contributed by atoms with Gasteiger partial charge in [-0.3, -0.25) is 9.59 Å². The van der Waals surface area contributed by atoms with Gasteiger partial charge in [-0.2, -0.15) is 0 Å². The molecule has 2 amide bonds. The molecule has 2 aliphatic heterocycles. The van der Waals surface area contributed by atoms with E-state index in [2.05, 4.69) is 5.32 Å². The van der Waals surface area contributed by atoms with E-state index in [1.54, 1.807) is 19.0 Å². The second-order valence-electron chi connectivity index (χ2n) is 5.91. The maximum Gasteiger partial charge on any atom is 0.222 e. The van der Waals surface area contributed by atoms with Crippen molar-refractivity contribution in [1.29, 1.82) is 0 Å². The lowest BCUT2D eigenvalue weighted by atomic mass is 10.1. The summed E-state index contributed by atoms with van der Waals surface area (Å²) in [5, 5.41) is 3.57. The van der Waals surface area contributed by atoms with Gasteiger partial charge in [-0.25, -0.2) is 0 Å². The van der Waals surface area contributed by atoms with Gasteiger partial charge in [-0.1, -0.05) is 0 Å². The van der Waals surface area contributed by atoms with E-state index < -0.39 is 0 Å². The molecule has 5 nitrogen and oxygen atoms in total. The van der Waals surface area contributed by atoms with E-state index in [0.717, 1.165) is 19.5 Å². The number of fused-ring (bicyclic) bond motifs is 2. The van der Waals surface area contributed by atoms with Gasteiger partial charge >= 0.3 is 0 Å². The molecule has 0 aromatic rings. The highest BCUT2D eigenvalue weighted by Crippen LogP contribution is 2.21. The van der Waals surface area contributed by atoms with Crippen LogP contribution in [0, 0.1) is 0 Å². The van der Waals surface area contributed by atoms with Gasteiger partial charge in [0, 0.05) is 52.1 Å². The third-order valence-electron chi connectivity index (χ3n) is 4.16. The highest BCUT2D eigenvalue weighted by atomic mass is 35.5. The van der Waals surface area contributed by atoms with Crippen molar-refractivity contribution in [3.63, 3.8) is 0 Å². The molecule has 2 aliphatic rings. The molecule has 2 atom stereocenters. The highest BCUT2D eigenvalue weighted by molar-refractivity contribution is 5.85. The largest absolute Gasteiger partial charge is 0.349 e. The van der Waals surface area contributed by atoms with Crippen LogP contribution in [-0.4, -0.2) is 60.9 Å². The summed E-state index contributed by atoms with van der Waals surface area (Å²) in [5.41, 5.74) is 0. The Hall–Kier alpha value is -0.810. The quantitative estimate of drug-likeness (QED) is 0.844. The van der Waals surface area contributed by atoms with Crippen LogP contribution in [0.4, 0.5) is 0 Å². The summed E-state index contributed by atoms with van der Waals surface area (Å²) in [7, 11) is 3.50. The van der Waals surface area contributed by atoms with Crippen molar-refractivity contribution in [2.75, 3.05) is 27.2 Å². The maximum absolute atomic E-state index is 12.2. The molecule has 2 bridgehead atoms. The number of hydrogen-bond acceptors (Lipinski definition) is 3. The molecule has 0 aromatic heterocycles. The zero-order valence-electron chi connectivity index (χ0n) is 12.4. The highest BCUT2D eigenvalue weighted by Gasteiger charge is 2.30. The first-order valence-electron chi connectivity index (χ1n) is 7.30. The minimum Gasteiger partial charge on any atom is -0.349 e. The molecule has 0 aromatic carbocycles. The lowest BCUT2D eigenvalue weighted by Gasteiger charge is -2.24. The standard InChI is InChI=1S/C14H25N3O2.ClH/c1-16(2)13(18)4-3-5-14(19)17-9-8-11-6-7-12(10-17)15-11;/h11-12,15H,3-10H2,1-2H3;1H. The molecule has 0 saturated carbocycles. The fourth-order valence-corrected chi connectivity index (χ4v) is 2.94. The second-order valence-corrected chi connectivity index (χ2v) is 5.91. The van der Waals surface area contributed by atoms with E-state index in [0.29, 0.717) is 31.3 Å². The molecule has 0 radical (unpaired) electrons. The van der Waals surface area contributed by atoms with Crippen molar-refractivity contribution in [2.24, 2.45) is 0 Å². The summed E-state index contributed by atoms with van der Waals surface area (Å²) in [5.74, 6) is 0.310. The molecule has 1 N–H and O–H groups in total. The van der Waals surface area contributed by atoms with Crippen molar-refractivity contribution in [3.05, 3.63) is 0 Å². The Kier molecular flexibility index (Phi) is 6.76. The first-order chi connectivity index (χ1) is 9.06. The predicted octanol–water partition coefficient (Wildman–Crippen LogP) is 1.02. The molecule has 0 spiro atoms. The van der Waals surface area contributed by atoms with Crippen LogP contribution in [0.3, 0.4) is 0 Å². The Morgan fingerprint density at radius 2 is 1.85 bits per heavy atom. The number of amides is 2. The molecule has 2 rings (SSSR count). The number of carbonyl (C=O) groups is 2. The van der Waals surface area contributed by atoms with Gasteiger partial charge in [0.15, 0.2) is 0 Å². The summed E-state index contributed by atoms with van der Waals surface area (Å²) in [4.78, 5) is 27.2. The van der Waals surface area contributed by atoms with Gasteiger partial charge in [-0.05, 0) is 25.7 Å². The molecular weight excluding hydrogens is 278 g/mol. The SMILES string of the molecule is CN(C)C(=O)CCCC(=O)N1CCC2CCC(C1)N2.Cl. The van der Waals surface area contributed by atoms with Crippen molar-refractivity contribution >= 4 is 24.2 Å². The van der Waals surface area contributed by atoms with Crippen LogP contribution in [0.15, 0.2) is 0 Å². The monoisotopic (exact) mass is 303 g/mol. The van der Waals surface area contributed by atoms with Crippen molar-refractivity contribution in [2.45, 2.75) is 50.6 Å². The average molecular weight is 304 g/mol. The molecule has 20 heavy (non-hydrogen) atoms. The third-order valence-corrected chi connectivity index (χ3v) is 4.16. The van der Waals surface area contributed by atoms with E-state index >= 15 is 0 Å². The van der Waals surface area contributed by atoms with E-state index in [-0.39, 0.29) is 24.2 Å². The van der Waals surface area contributed by atoms with Gasteiger partial charge in [-0.15, -0.1) is 12.4 Å². The third kappa shape index (κ3) is 4.63. The van der Waals surface area contributed by atoms with Gasteiger partial charge in [0.05, 0.1) is 0 Å². The first-order valence-corrected chi connectivity index (χ1v) is 7.30. The minimum atomic E-state index is 0. The van der Waals surface area contributed by atoms with Crippen LogP contribution < -0.4 is 5.32 Å². The normalized spacial score (nSPS) is 24.8. The summed E-state index contributed by atoms with van der Waals surface area (Å²) >= 11 is 0. The molecule has 0 aliphatic carbocycles. The number of hydrogen-bond donors (Lipinski definition) is 1. The number of nitrogens with one attached hydrogen (secondary N) is 1. The Bertz CT molecular complexity index is 349. The molecule has 2 saturated heterocycles. The summed E-state index contributed by atoms with van der Waals surface area (Å²) < 4.78 is 0. The Morgan fingerprint density at radius 3 is 2.55 bits per heavy atom. The number of rotatable bonds is 4. The number of carbonyl (C=O) groups excluding carboxylic acids is 2. The van der Waals surface area contributed by atoms with Gasteiger partial charge in [0.2, 0.25) is 11.8 Å². The van der Waals surface area contributed by atoms with Crippen LogP contribution in [0.25, 0.3) is 0 Å². The minimum absolute atomic E-state index is 0. The topological polar surface area (TPSA) is 52.7 Å². The zero-order chi connectivity index (χ0) is 13.8. The predicted molar refractivity (Wildman–Crippen MR) is 80.9 cm³/mol. The van der Waals surface area contributed by atoms with Gasteiger partial charge in [0.1, 0.15) is 0 Å². The molecule has 2 fully saturated rings. The van der Waals surface area contributed by atoms with Gasteiger partial charge in [0.25, 0.3) is 0 Å². The molecule has 116 valence electrons. The van der Waals surface area contributed by atoms with Crippen molar-refractivity contribution in [1.82, 2.24) is 15.1 Å². The first kappa shape index (κ1) is 17.2. The molecule has 6 heteroatoms. The molecule has 2 heterocycles. The van der Waals surface area contributed by atoms with Crippen LogP contribution in [0.2, 0.25) is 0 Å². The van der Waals surface area contributed by atoms with E-state index in [9.17, 15) is 9.59 Å². The lowest BCUT2D eigenvalue weighted by molar-refractivity contribution is -0.132. The summed E-state index contributed by atoms with van der Waals surface area (Å²) in [6.07, 6.45) is 5.14. The maximum atomic E-state index is 12.2. The van der Waals surface area contributed by atoms with E-state index in [4.69, 9.17) is 0 Å². The van der Waals surface area contributed by atoms with E-state index in [1.807, 2.05) is 4.90 Å². The Labute approximate surface area is 127 Å². The fourth-order valence-electron chi connectivity index (χ4n) is 2.94. The summed E-state index contributed by atoms with van der Waals surface area (Å²) in [6, 6.07) is 1.10. The summed E-state index contributed by atoms with van der Waals surface area (Å²) in [6.45, 7) is 1.71. The molecule has 2 unspecified atom stereocenters. The van der Waals surface area contributed by atoms with Crippen LogP contribution >= 0.6 is 12.4 Å². The zero-order valence-corrected chi connectivity index (χ0v) is 13.2. The van der Waals surface area contributed by atoms with Crippen LogP contribution in [0.1, 0.15) is 38.5 Å². The second kappa shape index (κ2) is 7.84.